The highest BCUT2D eigenvalue weighted by atomic mass is 32.2. The largest absolute Gasteiger partial charge is 0.573 e. The normalized spacial score (nSPS) is 15.4. The summed E-state index contributed by atoms with van der Waals surface area (Å²) >= 11 is 1.27. The van der Waals surface area contributed by atoms with Gasteiger partial charge in [-0.15, -0.1) is 13.2 Å². The number of benzene rings is 3. The fraction of sp³-hybridized carbons (Fsp3) is 0.179. The molecule has 1 aliphatic rings. The zero-order valence-electron chi connectivity index (χ0n) is 21.5. The second-order valence-electron chi connectivity index (χ2n) is 9.65. The van der Waals surface area contributed by atoms with Gasteiger partial charge in [-0.3, -0.25) is 14.9 Å². The SMILES string of the molecule is CC(F)(F)CN1C(=O)c2[nH]nc(-c3cccc4[nH]c(=O)oc34)c2C1c1ccc(Sc2ccc(OC(F)(F)F)cc2)cc1. The molecule has 0 spiro atoms. The number of alkyl halides is 5. The van der Waals surface area contributed by atoms with Gasteiger partial charge in [0.15, 0.2) is 5.58 Å². The summed E-state index contributed by atoms with van der Waals surface area (Å²) in [5.41, 5.74) is 2.23. The van der Waals surface area contributed by atoms with Gasteiger partial charge in [0.2, 0.25) is 0 Å². The summed E-state index contributed by atoms with van der Waals surface area (Å²) in [5.74, 6) is -4.88. The van der Waals surface area contributed by atoms with Crippen LogP contribution in [0, 0.1) is 0 Å². The Balaban J connectivity index is 1.36. The Kier molecular flexibility index (Phi) is 6.60. The highest BCUT2D eigenvalue weighted by Crippen LogP contribution is 2.45. The third-order valence-electron chi connectivity index (χ3n) is 6.50. The maximum Gasteiger partial charge on any atom is 0.573 e. The van der Waals surface area contributed by atoms with Crippen LogP contribution in [0.1, 0.15) is 34.6 Å². The minimum Gasteiger partial charge on any atom is -0.407 e. The molecular weight excluding hydrogens is 583 g/mol. The van der Waals surface area contributed by atoms with E-state index in [2.05, 4.69) is 19.9 Å². The minimum absolute atomic E-state index is 0.0498. The van der Waals surface area contributed by atoms with E-state index >= 15 is 0 Å². The second-order valence-corrected chi connectivity index (χ2v) is 10.8. The number of oxazole rings is 1. The van der Waals surface area contributed by atoms with Gasteiger partial charge in [-0.05, 0) is 54.1 Å². The lowest BCUT2D eigenvalue weighted by atomic mass is 9.95. The number of carbonyl (C=O) groups excluding carboxylic acids is 1. The van der Waals surface area contributed by atoms with Crippen LogP contribution >= 0.6 is 11.8 Å². The smallest absolute Gasteiger partial charge is 0.407 e. The molecule has 0 radical (unpaired) electrons. The Morgan fingerprint density at radius 3 is 2.29 bits per heavy atom. The van der Waals surface area contributed by atoms with Crippen LogP contribution in [0.5, 0.6) is 5.75 Å². The monoisotopic (exact) mass is 602 g/mol. The van der Waals surface area contributed by atoms with Crippen molar-refractivity contribution in [3.8, 4) is 17.0 Å². The molecule has 216 valence electrons. The van der Waals surface area contributed by atoms with Crippen LogP contribution in [-0.2, 0) is 0 Å². The molecule has 6 rings (SSSR count). The van der Waals surface area contributed by atoms with Gasteiger partial charge in [0, 0.05) is 27.8 Å². The van der Waals surface area contributed by atoms with Crippen LogP contribution in [0.25, 0.3) is 22.4 Å². The summed E-state index contributed by atoms with van der Waals surface area (Å²) < 4.78 is 75.1. The fourth-order valence-corrected chi connectivity index (χ4v) is 5.75. The van der Waals surface area contributed by atoms with Crippen molar-refractivity contribution in [1.82, 2.24) is 20.1 Å². The van der Waals surface area contributed by atoms with Crippen molar-refractivity contribution in [2.24, 2.45) is 0 Å². The Labute approximate surface area is 237 Å². The van der Waals surface area contributed by atoms with E-state index in [4.69, 9.17) is 4.42 Å². The van der Waals surface area contributed by atoms with E-state index in [0.29, 0.717) is 32.0 Å². The number of para-hydroxylation sites is 1. The number of amides is 1. The predicted octanol–water partition coefficient (Wildman–Crippen LogP) is 6.76. The van der Waals surface area contributed by atoms with Crippen LogP contribution in [0.2, 0.25) is 0 Å². The molecule has 1 aliphatic heterocycles. The first-order valence-electron chi connectivity index (χ1n) is 12.4. The minimum atomic E-state index is -4.79. The average Bonchev–Trinajstić information content (AvgIpc) is 3.57. The zero-order chi connectivity index (χ0) is 29.8. The Morgan fingerprint density at radius 2 is 1.64 bits per heavy atom. The molecule has 8 nitrogen and oxygen atoms in total. The van der Waals surface area contributed by atoms with Gasteiger partial charge in [-0.1, -0.05) is 30.0 Å². The number of hydrogen-bond donors (Lipinski definition) is 2. The van der Waals surface area contributed by atoms with E-state index in [1.54, 1.807) is 42.5 Å². The van der Waals surface area contributed by atoms with Crippen molar-refractivity contribution < 1.29 is 35.9 Å². The number of H-pyrrole nitrogens is 2. The number of nitrogens with zero attached hydrogens (tertiary/aromatic N) is 2. The Bertz CT molecular complexity index is 1840. The quantitative estimate of drug-likeness (QED) is 0.200. The molecule has 14 heteroatoms. The molecule has 5 aromatic rings. The number of rotatable bonds is 7. The summed E-state index contributed by atoms with van der Waals surface area (Å²) in [6.07, 6.45) is -4.79. The summed E-state index contributed by atoms with van der Waals surface area (Å²) in [5, 5.41) is 6.99. The fourth-order valence-electron chi connectivity index (χ4n) is 4.93. The van der Waals surface area contributed by atoms with E-state index in [-0.39, 0.29) is 22.7 Å². The molecule has 1 amide bonds. The van der Waals surface area contributed by atoms with Crippen LogP contribution in [0.3, 0.4) is 0 Å². The molecule has 3 aromatic carbocycles. The lowest BCUT2D eigenvalue weighted by Crippen LogP contribution is -2.38. The standard InChI is InChI=1S/C28H19F5N4O4S/c1-27(29,30)13-37-23(14-5-9-16(10-6-14)42-17-11-7-15(8-12-17)41-28(31,32)33)20-21(35-36-22(20)25(37)38)18-3-2-4-19-24(18)40-26(39)34-19/h2-12,23H,13H2,1H3,(H,34,39)(H,35,36). The van der Waals surface area contributed by atoms with Crippen LogP contribution < -0.4 is 10.5 Å². The highest BCUT2D eigenvalue weighted by molar-refractivity contribution is 7.99. The van der Waals surface area contributed by atoms with Crippen LogP contribution in [-0.4, -0.2) is 44.8 Å². The second kappa shape index (κ2) is 10.0. The Hall–Kier alpha value is -4.59. The zero-order valence-corrected chi connectivity index (χ0v) is 22.3. The van der Waals surface area contributed by atoms with Gasteiger partial charge in [0.05, 0.1) is 18.1 Å². The number of aromatic nitrogens is 3. The number of hydrogen-bond acceptors (Lipinski definition) is 6. The maximum absolute atomic E-state index is 14.3. The number of ether oxygens (including phenoxy) is 1. The molecule has 42 heavy (non-hydrogen) atoms. The van der Waals surface area contributed by atoms with Crippen LogP contribution in [0.15, 0.2) is 85.7 Å². The van der Waals surface area contributed by atoms with Crippen molar-refractivity contribution in [2.45, 2.75) is 35.0 Å². The summed E-state index contributed by atoms with van der Waals surface area (Å²) in [7, 11) is 0. The molecule has 0 bridgehead atoms. The molecule has 1 unspecified atom stereocenters. The molecule has 3 heterocycles. The van der Waals surface area contributed by atoms with Gasteiger partial charge < -0.3 is 14.1 Å². The molecule has 2 N–H and O–H groups in total. The van der Waals surface area contributed by atoms with E-state index < -0.39 is 36.5 Å². The van der Waals surface area contributed by atoms with Gasteiger partial charge in [0.1, 0.15) is 17.1 Å². The van der Waals surface area contributed by atoms with E-state index in [1.807, 2.05) is 0 Å². The summed E-state index contributed by atoms with van der Waals surface area (Å²) in [4.78, 5) is 30.2. The lowest BCUT2D eigenvalue weighted by molar-refractivity contribution is -0.274. The Morgan fingerprint density at radius 1 is 0.976 bits per heavy atom. The van der Waals surface area contributed by atoms with Gasteiger partial charge in [-0.2, -0.15) is 5.10 Å². The van der Waals surface area contributed by atoms with E-state index in [0.717, 1.165) is 11.8 Å². The summed E-state index contributed by atoms with van der Waals surface area (Å²) in [6, 6.07) is 16.2. The average molecular weight is 603 g/mol. The number of aromatic amines is 2. The third-order valence-corrected chi connectivity index (χ3v) is 7.52. The van der Waals surface area contributed by atoms with Crippen molar-refractivity contribution >= 4 is 28.8 Å². The topological polar surface area (TPSA) is 104 Å². The molecule has 2 aromatic heterocycles. The molecular formula is C28H19F5N4O4S. The van der Waals surface area contributed by atoms with Gasteiger partial charge in [-0.25, -0.2) is 13.6 Å². The molecule has 0 saturated heterocycles. The molecule has 0 aliphatic carbocycles. The lowest BCUT2D eigenvalue weighted by Gasteiger charge is -2.28. The van der Waals surface area contributed by atoms with E-state index in [9.17, 15) is 31.5 Å². The number of nitrogens with one attached hydrogen (secondary N) is 2. The highest BCUT2D eigenvalue weighted by Gasteiger charge is 2.45. The third kappa shape index (κ3) is 5.36. The first kappa shape index (κ1) is 27.6. The number of carbonyl (C=O) groups is 1. The maximum atomic E-state index is 14.3. The molecule has 0 saturated carbocycles. The van der Waals surface area contributed by atoms with Crippen molar-refractivity contribution in [3.63, 3.8) is 0 Å². The van der Waals surface area contributed by atoms with Crippen molar-refractivity contribution in [3.05, 3.63) is 94.1 Å². The number of fused-ring (bicyclic) bond motifs is 2. The van der Waals surface area contributed by atoms with E-state index in [1.165, 1.54) is 36.0 Å². The van der Waals surface area contributed by atoms with Crippen LogP contribution in [0.4, 0.5) is 22.0 Å². The van der Waals surface area contributed by atoms with Gasteiger partial charge in [0.25, 0.3) is 11.8 Å². The molecule has 0 fully saturated rings. The predicted molar refractivity (Wildman–Crippen MR) is 142 cm³/mol. The van der Waals surface area contributed by atoms with Crippen molar-refractivity contribution in [1.29, 1.82) is 0 Å². The first-order chi connectivity index (χ1) is 19.9. The first-order valence-corrected chi connectivity index (χ1v) is 13.2. The molecule has 1 atom stereocenters. The van der Waals surface area contributed by atoms with Crippen molar-refractivity contribution in [2.75, 3.05) is 6.54 Å². The summed E-state index contributed by atoms with van der Waals surface area (Å²) in [6.45, 7) is -0.131. The van der Waals surface area contributed by atoms with Gasteiger partial charge >= 0.3 is 12.1 Å². The number of halogens is 5.